The Morgan fingerprint density at radius 2 is 2.04 bits per heavy atom. The van der Waals surface area contributed by atoms with Crippen molar-refractivity contribution >= 4 is 19.6 Å². The van der Waals surface area contributed by atoms with E-state index in [-0.39, 0.29) is 11.0 Å². The highest BCUT2D eigenvalue weighted by Crippen LogP contribution is 2.53. The molecule has 2 nitrogen and oxygen atoms in total. The molecule has 3 unspecified atom stereocenters. The molecule has 0 bridgehead atoms. The lowest BCUT2D eigenvalue weighted by Gasteiger charge is -2.47. The molecular formula is C25H34NOP+2. The molecule has 2 heterocycles. The van der Waals surface area contributed by atoms with Crippen molar-refractivity contribution in [3.05, 3.63) is 65.8 Å². The fourth-order valence-corrected chi connectivity index (χ4v) is 5.80. The van der Waals surface area contributed by atoms with Crippen LogP contribution in [0.2, 0.25) is 0 Å². The first kappa shape index (κ1) is 20.9. The first-order chi connectivity index (χ1) is 13.5. The van der Waals surface area contributed by atoms with Gasteiger partial charge in [-0.1, -0.05) is 56.5 Å². The van der Waals surface area contributed by atoms with Crippen LogP contribution >= 0.6 is 8.46 Å². The molecule has 3 rings (SSSR count). The number of hydrogen-bond acceptors (Lipinski definition) is 1. The van der Waals surface area contributed by atoms with Crippen molar-refractivity contribution < 1.29 is 9.14 Å². The van der Waals surface area contributed by atoms with Gasteiger partial charge in [0.15, 0.2) is 5.54 Å². The van der Waals surface area contributed by atoms with E-state index in [1.54, 1.807) is 0 Å². The normalized spacial score (nSPS) is 26.5. The molecular weight excluding hydrogens is 361 g/mol. The van der Waals surface area contributed by atoms with Crippen LogP contribution in [0.1, 0.15) is 76.5 Å². The molecule has 2 aliphatic rings. The average Bonchev–Trinajstić information content (AvgIpc) is 2.96. The van der Waals surface area contributed by atoms with Crippen LogP contribution in [0.5, 0.6) is 0 Å². The Kier molecular flexibility index (Phi) is 6.20. The van der Waals surface area contributed by atoms with E-state index < -0.39 is 8.46 Å². The lowest BCUT2D eigenvalue weighted by atomic mass is 9.59. The smallest absolute Gasteiger partial charge is 0.143 e. The SMILES string of the molecule is C=CC1(CC)[N+]2=C([PH+]=O)C=CCC=C2c2cc(CCCC)ccc2C1(C)CC. The van der Waals surface area contributed by atoms with E-state index in [0.29, 0.717) is 0 Å². The fourth-order valence-electron chi connectivity index (χ4n) is 5.20. The highest BCUT2D eigenvalue weighted by atomic mass is 31.1. The van der Waals surface area contributed by atoms with Crippen LogP contribution in [-0.2, 0) is 16.4 Å². The van der Waals surface area contributed by atoms with Gasteiger partial charge in [0.05, 0.1) is 17.1 Å². The van der Waals surface area contributed by atoms with Gasteiger partial charge in [-0.25, -0.2) is 0 Å². The molecule has 2 aliphatic heterocycles. The maximum atomic E-state index is 12.3. The summed E-state index contributed by atoms with van der Waals surface area (Å²) in [4.78, 5) is 0. The second-order valence-corrected chi connectivity index (χ2v) is 8.92. The van der Waals surface area contributed by atoms with E-state index in [2.05, 4.69) is 75.3 Å². The van der Waals surface area contributed by atoms with Gasteiger partial charge in [-0.05, 0) is 62.0 Å². The first-order valence-electron chi connectivity index (χ1n) is 10.7. The number of aryl methyl sites for hydroxylation is 1. The predicted octanol–water partition coefficient (Wildman–Crippen LogP) is 6.78. The van der Waals surface area contributed by atoms with E-state index in [1.807, 2.05) is 6.08 Å². The summed E-state index contributed by atoms with van der Waals surface area (Å²) in [5.41, 5.74) is 5.78. The van der Waals surface area contributed by atoms with Crippen LogP contribution in [-0.4, -0.2) is 15.6 Å². The van der Waals surface area contributed by atoms with Gasteiger partial charge in [-0.2, -0.15) is 0 Å². The van der Waals surface area contributed by atoms with E-state index in [0.717, 1.165) is 31.1 Å². The first-order valence-corrected chi connectivity index (χ1v) is 11.6. The van der Waals surface area contributed by atoms with Gasteiger partial charge in [0.1, 0.15) is 0 Å². The molecule has 1 aromatic carbocycles. The van der Waals surface area contributed by atoms with Crippen LogP contribution in [0.4, 0.5) is 0 Å². The Morgan fingerprint density at radius 3 is 2.64 bits per heavy atom. The number of rotatable bonds is 7. The fraction of sp³-hybridized carbons (Fsp3) is 0.480. The molecule has 1 aromatic rings. The Hall–Kier alpha value is -1.79. The van der Waals surface area contributed by atoms with Gasteiger partial charge in [0, 0.05) is 6.42 Å². The average molecular weight is 396 g/mol. The monoisotopic (exact) mass is 395 g/mol. The molecule has 0 fully saturated rings. The third-order valence-electron chi connectivity index (χ3n) is 7.02. The van der Waals surface area contributed by atoms with Gasteiger partial charge in [0.25, 0.3) is 0 Å². The van der Waals surface area contributed by atoms with Crippen molar-refractivity contribution in [2.45, 2.75) is 77.2 Å². The second-order valence-electron chi connectivity index (χ2n) is 8.20. The summed E-state index contributed by atoms with van der Waals surface area (Å²) in [6.07, 6.45) is 14.9. The number of allylic oxidation sites excluding steroid dienone is 3. The summed E-state index contributed by atoms with van der Waals surface area (Å²) in [6.45, 7) is 13.4. The summed E-state index contributed by atoms with van der Waals surface area (Å²) in [5, 5.41) is 0. The molecule has 0 spiro atoms. The van der Waals surface area contributed by atoms with Crippen molar-refractivity contribution in [1.29, 1.82) is 0 Å². The largest absolute Gasteiger partial charge is 0.432 e. The molecule has 0 amide bonds. The molecule has 0 N–H and O–H groups in total. The van der Waals surface area contributed by atoms with E-state index in [9.17, 15) is 4.57 Å². The maximum Gasteiger partial charge on any atom is 0.432 e. The summed E-state index contributed by atoms with van der Waals surface area (Å²) in [7, 11) is -0.485. The van der Waals surface area contributed by atoms with Crippen molar-refractivity contribution in [3.8, 4) is 0 Å². The van der Waals surface area contributed by atoms with Crippen LogP contribution in [0.25, 0.3) is 5.70 Å². The van der Waals surface area contributed by atoms with E-state index >= 15 is 0 Å². The maximum absolute atomic E-state index is 12.3. The quantitative estimate of drug-likeness (QED) is 0.283. The van der Waals surface area contributed by atoms with E-state index in [1.165, 1.54) is 35.2 Å². The molecule has 148 valence electrons. The minimum Gasteiger partial charge on any atom is -0.143 e. The van der Waals surface area contributed by atoms with Crippen molar-refractivity contribution in [1.82, 2.24) is 0 Å². The Morgan fingerprint density at radius 1 is 1.25 bits per heavy atom. The van der Waals surface area contributed by atoms with Gasteiger partial charge < -0.3 is 0 Å². The summed E-state index contributed by atoms with van der Waals surface area (Å²) >= 11 is 0. The molecule has 0 aromatic heterocycles. The van der Waals surface area contributed by atoms with Crippen LogP contribution in [0.3, 0.4) is 0 Å². The molecule has 3 heteroatoms. The number of unbranched alkanes of at least 4 members (excludes halogenated alkanes) is 1. The zero-order valence-corrected chi connectivity index (χ0v) is 18.8. The van der Waals surface area contributed by atoms with Crippen molar-refractivity contribution in [2.24, 2.45) is 0 Å². The summed E-state index contributed by atoms with van der Waals surface area (Å²) in [6, 6.07) is 7.06. The minimum absolute atomic E-state index is 0.109. The van der Waals surface area contributed by atoms with Crippen molar-refractivity contribution in [2.75, 3.05) is 0 Å². The van der Waals surface area contributed by atoms with Gasteiger partial charge in [-0.3, -0.25) is 0 Å². The highest BCUT2D eigenvalue weighted by molar-refractivity contribution is 7.47. The lowest BCUT2D eigenvalue weighted by Crippen LogP contribution is -2.59. The van der Waals surface area contributed by atoms with Crippen LogP contribution < -0.4 is 0 Å². The predicted molar refractivity (Wildman–Crippen MR) is 122 cm³/mol. The van der Waals surface area contributed by atoms with E-state index in [4.69, 9.17) is 0 Å². The molecule has 28 heavy (non-hydrogen) atoms. The molecule has 0 radical (unpaired) electrons. The Bertz CT molecular complexity index is 879. The van der Waals surface area contributed by atoms with Crippen LogP contribution in [0, 0.1) is 0 Å². The number of hydrogen-bond donors (Lipinski definition) is 0. The summed E-state index contributed by atoms with van der Waals surface area (Å²) in [5.74, 6) is 0. The lowest BCUT2D eigenvalue weighted by molar-refractivity contribution is -0.529. The second kappa shape index (κ2) is 8.29. The van der Waals surface area contributed by atoms with Crippen molar-refractivity contribution in [3.63, 3.8) is 0 Å². The number of fused-ring (bicyclic) bond motifs is 3. The number of nitrogens with zero attached hydrogens (tertiary/aromatic N) is 1. The summed E-state index contributed by atoms with van der Waals surface area (Å²) < 4.78 is 14.6. The van der Waals surface area contributed by atoms with Gasteiger partial charge in [-0.15, -0.1) is 4.58 Å². The third kappa shape index (κ3) is 2.98. The molecule has 0 saturated carbocycles. The molecule has 0 aliphatic carbocycles. The Labute approximate surface area is 172 Å². The topological polar surface area (TPSA) is 20.1 Å². The van der Waals surface area contributed by atoms with Gasteiger partial charge in [0.2, 0.25) is 5.70 Å². The minimum atomic E-state index is -0.485. The van der Waals surface area contributed by atoms with Gasteiger partial charge >= 0.3 is 13.9 Å². The molecule has 3 atom stereocenters. The third-order valence-corrected chi connectivity index (χ3v) is 7.62. The van der Waals surface area contributed by atoms with Crippen LogP contribution in [0.15, 0.2) is 49.1 Å². The zero-order chi connectivity index (χ0) is 20.4. The highest BCUT2D eigenvalue weighted by Gasteiger charge is 2.61. The zero-order valence-electron chi connectivity index (χ0n) is 17.8. The standard InChI is InChI=1S/C25H33NOP/c1-6-10-13-19-16-17-21-20(18-19)22-14-11-12-15-23(28-27)26(22)25(8-3,9-4)24(21,5)7-2/h8,12,14-18H,3,6-7,9-11,13H2,1-2,4-5H3/q+1/p+1. The number of benzene rings is 1. The Balaban J connectivity index is 2.40. The molecule has 0 saturated heterocycles.